The van der Waals surface area contributed by atoms with E-state index in [0.29, 0.717) is 11.3 Å². The SMILES string of the molecule is COc1cccc(-c2nc(-c3ccc(F)cc3F)cs2)c1. The fourth-order valence-corrected chi connectivity index (χ4v) is 2.80. The van der Waals surface area contributed by atoms with Crippen LogP contribution in [0.25, 0.3) is 21.8 Å². The van der Waals surface area contributed by atoms with Crippen LogP contribution in [0, 0.1) is 11.6 Å². The molecule has 0 aliphatic heterocycles. The average Bonchev–Trinajstić information content (AvgIpc) is 2.97. The minimum atomic E-state index is -0.613. The van der Waals surface area contributed by atoms with E-state index in [0.717, 1.165) is 22.4 Å². The van der Waals surface area contributed by atoms with Crippen molar-refractivity contribution in [2.75, 3.05) is 7.11 Å². The van der Waals surface area contributed by atoms with Crippen molar-refractivity contribution in [3.63, 3.8) is 0 Å². The molecule has 0 saturated carbocycles. The van der Waals surface area contributed by atoms with Gasteiger partial charge in [0.05, 0.1) is 12.8 Å². The van der Waals surface area contributed by atoms with E-state index in [-0.39, 0.29) is 0 Å². The molecule has 0 spiro atoms. The number of hydrogen-bond donors (Lipinski definition) is 0. The summed E-state index contributed by atoms with van der Waals surface area (Å²) in [6.07, 6.45) is 0. The summed E-state index contributed by atoms with van der Waals surface area (Å²) in [5.41, 5.74) is 1.69. The van der Waals surface area contributed by atoms with Crippen LogP contribution in [-0.4, -0.2) is 12.1 Å². The third kappa shape index (κ3) is 2.78. The molecule has 0 radical (unpaired) electrons. The molecule has 0 bridgehead atoms. The van der Waals surface area contributed by atoms with Crippen LogP contribution in [0.4, 0.5) is 8.78 Å². The van der Waals surface area contributed by atoms with E-state index in [4.69, 9.17) is 4.74 Å². The molecule has 3 aromatic rings. The second kappa shape index (κ2) is 5.61. The molecule has 0 fully saturated rings. The molecule has 106 valence electrons. The molecule has 2 aromatic carbocycles. The van der Waals surface area contributed by atoms with Crippen molar-refractivity contribution < 1.29 is 13.5 Å². The Morgan fingerprint density at radius 3 is 2.71 bits per heavy atom. The number of methoxy groups -OCH3 is 1. The van der Waals surface area contributed by atoms with Gasteiger partial charge < -0.3 is 4.74 Å². The number of nitrogens with zero attached hydrogens (tertiary/aromatic N) is 1. The molecule has 0 saturated heterocycles. The topological polar surface area (TPSA) is 22.1 Å². The van der Waals surface area contributed by atoms with Gasteiger partial charge in [0.25, 0.3) is 0 Å². The summed E-state index contributed by atoms with van der Waals surface area (Å²) in [6.45, 7) is 0. The first-order valence-electron chi connectivity index (χ1n) is 6.23. The van der Waals surface area contributed by atoms with Crippen molar-refractivity contribution in [1.82, 2.24) is 4.98 Å². The zero-order chi connectivity index (χ0) is 14.8. The lowest BCUT2D eigenvalue weighted by atomic mass is 10.1. The van der Waals surface area contributed by atoms with Crippen LogP contribution in [-0.2, 0) is 0 Å². The van der Waals surface area contributed by atoms with Gasteiger partial charge in [-0.25, -0.2) is 13.8 Å². The van der Waals surface area contributed by atoms with E-state index in [1.165, 1.54) is 23.5 Å². The van der Waals surface area contributed by atoms with Gasteiger partial charge in [0.1, 0.15) is 22.4 Å². The van der Waals surface area contributed by atoms with Crippen molar-refractivity contribution in [2.24, 2.45) is 0 Å². The number of ether oxygens (including phenoxy) is 1. The van der Waals surface area contributed by atoms with Gasteiger partial charge in [-0.2, -0.15) is 0 Å². The molecule has 21 heavy (non-hydrogen) atoms. The summed E-state index contributed by atoms with van der Waals surface area (Å²) < 4.78 is 31.9. The van der Waals surface area contributed by atoms with Gasteiger partial charge in [0, 0.05) is 22.6 Å². The van der Waals surface area contributed by atoms with Crippen molar-refractivity contribution in [1.29, 1.82) is 0 Å². The Kier molecular flexibility index (Phi) is 3.66. The lowest BCUT2D eigenvalue weighted by molar-refractivity contribution is 0.415. The van der Waals surface area contributed by atoms with Crippen molar-refractivity contribution in [2.45, 2.75) is 0 Å². The highest BCUT2D eigenvalue weighted by Gasteiger charge is 2.11. The Bertz CT molecular complexity index is 785. The quantitative estimate of drug-likeness (QED) is 0.695. The number of rotatable bonds is 3. The highest BCUT2D eigenvalue weighted by atomic mass is 32.1. The van der Waals surface area contributed by atoms with Crippen molar-refractivity contribution in [3.8, 4) is 27.6 Å². The number of thiazole rings is 1. The monoisotopic (exact) mass is 303 g/mol. The Morgan fingerprint density at radius 1 is 1.10 bits per heavy atom. The van der Waals surface area contributed by atoms with E-state index in [1.807, 2.05) is 24.3 Å². The van der Waals surface area contributed by atoms with Crippen LogP contribution in [0.1, 0.15) is 0 Å². The van der Waals surface area contributed by atoms with Crippen molar-refractivity contribution in [3.05, 3.63) is 59.5 Å². The maximum Gasteiger partial charge on any atom is 0.135 e. The van der Waals surface area contributed by atoms with Crippen molar-refractivity contribution >= 4 is 11.3 Å². The maximum absolute atomic E-state index is 13.8. The molecule has 1 heterocycles. The van der Waals surface area contributed by atoms with Gasteiger partial charge in [-0.05, 0) is 24.3 Å². The molecule has 0 N–H and O–H groups in total. The molecule has 5 heteroatoms. The predicted octanol–water partition coefficient (Wildman–Crippen LogP) is 4.76. The average molecular weight is 303 g/mol. The molecule has 0 aliphatic carbocycles. The van der Waals surface area contributed by atoms with E-state index < -0.39 is 11.6 Å². The lowest BCUT2D eigenvalue weighted by Gasteiger charge is -2.01. The van der Waals surface area contributed by atoms with E-state index in [1.54, 1.807) is 12.5 Å². The summed E-state index contributed by atoms with van der Waals surface area (Å²) in [7, 11) is 1.60. The normalized spacial score (nSPS) is 10.6. The molecule has 3 rings (SSSR count). The minimum absolute atomic E-state index is 0.293. The molecule has 2 nitrogen and oxygen atoms in total. The third-order valence-electron chi connectivity index (χ3n) is 3.03. The van der Waals surface area contributed by atoms with E-state index in [2.05, 4.69) is 4.98 Å². The molecule has 0 unspecified atom stereocenters. The molecular weight excluding hydrogens is 292 g/mol. The van der Waals surface area contributed by atoms with Gasteiger partial charge in [0.15, 0.2) is 0 Å². The lowest BCUT2D eigenvalue weighted by Crippen LogP contribution is -1.87. The summed E-state index contributed by atoms with van der Waals surface area (Å²) in [5, 5.41) is 2.51. The zero-order valence-electron chi connectivity index (χ0n) is 11.1. The zero-order valence-corrected chi connectivity index (χ0v) is 12.0. The second-order valence-electron chi connectivity index (χ2n) is 4.39. The minimum Gasteiger partial charge on any atom is -0.497 e. The summed E-state index contributed by atoms with van der Waals surface area (Å²) >= 11 is 1.40. The van der Waals surface area contributed by atoms with Crippen LogP contribution in [0.5, 0.6) is 5.75 Å². The van der Waals surface area contributed by atoms with Crippen LogP contribution in [0.3, 0.4) is 0 Å². The predicted molar refractivity (Wildman–Crippen MR) is 79.5 cm³/mol. The summed E-state index contributed by atoms with van der Waals surface area (Å²) in [4.78, 5) is 4.42. The van der Waals surface area contributed by atoms with E-state index in [9.17, 15) is 8.78 Å². The maximum atomic E-state index is 13.8. The smallest absolute Gasteiger partial charge is 0.135 e. The van der Waals surface area contributed by atoms with E-state index >= 15 is 0 Å². The highest BCUT2D eigenvalue weighted by Crippen LogP contribution is 2.31. The largest absolute Gasteiger partial charge is 0.497 e. The third-order valence-corrected chi connectivity index (χ3v) is 3.92. The Balaban J connectivity index is 1.99. The molecule has 1 aromatic heterocycles. The summed E-state index contributed by atoms with van der Waals surface area (Å²) in [6, 6.07) is 11.0. The molecule has 0 atom stereocenters. The Hall–Kier alpha value is -2.27. The number of halogens is 2. The van der Waals surface area contributed by atoms with Crippen LogP contribution in [0.2, 0.25) is 0 Å². The van der Waals surface area contributed by atoms with Gasteiger partial charge in [-0.3, -0.25) is 0 Å². The second-order valence-corrected chi connectivity index (χ2v) is 5.25. The molecule has 0 amide bonds. The number of benzene rings is 2. The van der Waals surface area contributed by atoms with Crippen LogP contribution in [0.15, 0.2) is 47.8 Å². The fraction of sp³-hybridized carbons (Fsp3) is 0.0625. The summed E-state index contributed by atoms with van der Waals surface area (Å²) in [5.74, 6) is -0.478. The molecular formula is C16H11F2NOS. The number of hydrogen-bond acceptors (Lipinski definition) is 3. The van der Waals surface area contributed by atoms with Gasteiger partial charge in [0.2, 0.25) is 0 Å². The van der Waals surface area contributed by atoms with Crippen LogP contribution < -0.4 is 4.74 Å². The first-order valence-corrected chi connectivity index (χ1v) is 7.11. The van der Waals surface area contributed by atoms with Gasteiger partial charge in [-0.1, -0.05) is 12.1 Å². The number of aromatic nitrogens is 1. The van der Waals surface area contributed by atoms with Crippen LogP contribution >= 0.6 is 11.3 Å². The van der Waals surface area contributed by atoms with Gasteiger partial charge in [-0.15, -0.1) is 11.3 Å². The molecule has 0 aliphatic rings. The highest BCUT2D eigenvalue weighted by molar-refractivity contribution is 7.13. The Labute approximate surface area is 124 Å². The Morgan fingerprint density at radius 2 is 1.95 bits per heavy atom. The first-order chi connectivity index (χ1) is 10.2. The van der Waals surface area contributed by atoms with Gasteiger partial charge >= 0.3 is 0 Å². The fourth-order valence-electron chi connectivity index (χ4n) is 1.98. The standard InChI is InChI=1S/C16H11F2NOS/c1-20-12-4-2-3-10(7-12)16-19-15(9-21-16)13-6-5-11(17)8-14(13)18/h2-9H,1H3. The first kappa shape index (κ1) is 13.7.